The van der Waals surface area contributed by atoms with Crippen molar-refractivity contribution in [3.8, 4) is 5.75 Å². The smallest absolute Gasteiger partial charge is 0.260 e. The summed E-state index contributed by atoms with van der Waals surface area (Å²) in [6.45, 7) is 4.69. The average molecular weight is 380 g/mol. The summed E-state index contributed by atoms with van der Waals surface area (Å²) in [7, 11) is 0. The Kier molecular flexibility index (Phi) is 7.47. The van der Waals surface area contributed by atoms with E-state index in [9.17, 15) is 9.59 Å². The van der Waals surface area contributed by atoms with Crippen LogP contribution in [0.15, 0.2) is 36.4 Å². The maximum absolute atomic E-state index is 12.3. The lowest BCUT2D eigenvalue weighted by atomic mass is 10.1. The molecule has 6 heteroatoms. The van der Waals surface area contributed by atoms with Crippen LogP contribution in [-0.2, 0) is 22.6 Å². The molecule has 0 fully saturated rings. The lowest BCUT2D eigenvalue weighted by Crippen LogP contribution is -2.34. The summed E-state index contributed by atoms with van der Waals surface area (Å²) in [4.78, 5) is 26.1. The molecular weight excluding hydrogens is 358 g/mol. The number of ketones is 1. The molecule has 1 amide bonds. The van der Waals surface area contributed by atoms with Crippen molar-refractivity contribution in [3.05, 3.63) is 51.2 Å². The van der Waals surface area contributed by atoms with Crippen LogP contribution in [-0.4, -0.2) is 29.7 Å². The second-order valence-electron chi connectivity index (χ2n) is 5.75. The monoisotopic (exact) mass is 379 g/mol. The Morgan fingerprint density at radius 1 is 1.16 bits per heavy atom. The number of hydrogen-bond acceptors (Lipinski definition) is 4. The third-order valence-electron chi connectivity index (χ3n) is 3.76. The minimum Gasteiger partial charge on any atom is -0.484 e. The summed E-state index contributed by atoms with van der Waals surface area (Å²) in [6.07, 6.45) is 1.26. The van der Waals surface area contributed by atoms with Crippen LogP contribution < -0.4 is 4.74 Å². The first kappa shape index (κ1) is 19.5. The van der Waals surface area contributed by atoms with E-state index in [-0.39, 0.29) is 18.3 Å². The largest absolute Gasteiger partial charge is 0.484 e. The average Bonchev–Trinajstić information content (AvgIpc) is 3.01. The van der Waals surface area contributed by atoms with Crippen LogP contribution in [0.1, 0.15) is 30.7 Å². The van der Waals surface area contributed by atoms with Crippen LogP contribution >= 0.6 is 22.9 Å². The van der Waals surface area contributed by atoms with E-state index in [0.717, 1.165) is 21.2 Å². The van der Waals surface area contributed by atoms with Crippen LogP contribution in [0.4, 0.5) is 0 Å². The number of rotatable bonds is 9. The van der Waals surface area contributed by atoms with Gasteiger partial charge in [0, 0.05) is 17.8 Å². The zero-order valence-electron chi connectivity index (χ0n) is 14.5. The summed E-state index contributed by atoms with van der Waals surface area (Å²) in [6, 6.07) is 11.3. The van der Waals surface area contributed by atoms with Gasteiger partial charge in [0.25, 0.3) is 5.91 Å². The molecule has 0 bridgehead atoms. The highest BCUT2D eigenvalue weighted by Crippen LogP contribution is 2.22. The topological polar surface area (TPSA) is 46.6 Å². The number of halogens is 1. The molecule has 1 aromatic heterocycles. The summed E-state index contributed by atoms with van der Waals surface area (Å²) in [5.74, 6) is 0.764. The number of Topliss-reactive ketones (excluding diaryl/α,β-unsaturated/α-hetero) is 1. The highest BCUT2D eigenvalue weighted by molar-refractivity contribution is 7.16. The molecule has 0 aliphatic carbocycles. The maximum atomic E-state index is 12.3. The van der Waals surface area contributed by atoms with Gasteiger partial charge in [0.1, 0.15) is 11.5 Å². The van der Waals surface area contributed by atoms with Gasteiger partial charge in [0.2, 0.25) is 0 Å². The minimum atomic E-state index is -0.0623. The normalized spacial score (nSPS) is 10.5. The first-order valence-electron chi connectivity index (χ1n) is 8.21. The molecule has 0 N–H and O–H groups in total. The van der Waals surface area contributed by atoms with Crippen LogP contribution in [0, 0.1) is 0 Å². The Morgan fingerprint density at radius 3 is 2.44 bits per heavy atom. The van der Waals surface area contributed by atoms with Crippen molar-refractivity contribution in [3.63, 3.8) is 0 Å². The van der Waals surface area contributed by atoms with E-state index in [2.05, 4.69) is 0 Å². The maximum Gasteiger partial charge on any atom is 0.260 e. The predicted octanol–water partition coefficient (Wildman–Crippen LogP) is 4.35. The third kappa shape index (κ3) is 6.52. The van der Waals surface area contributed by atoms with Crippen LogP contribution in [0.5, 0.6) is 5.75 Å². The van der Waals surface area contributed by atoms with Gasteiger partial charge in [-0.1, -0.05) is 23.7 Å². The summed E-state index contributed by atoms with van der Waals surface area (Å²) in [5, 5.41) is 0. The fourth-order valence-electron chi connectivity index (χ4n) is 2.31. The number of nitrogens with zero attached hydrogens (tertiary/aromatic N) is 1. The van der Waals surface area contributed by atoms with Crippen molar-refractivity contribution >= 4 is 34.6 Å². The molecule has 25 heavy (non-hydrogen) atoms. The molecule has 1 aromatic carbocycles. The molecule has 2 aromatic rings. The number of carbonyl (C=O) groups excluding carboxylic acids is 2. The first-order chi connectivity index (χ1) is 12.0. The van der Waals surface area contributed by atoms with Gasteiger partial charge in [-0.05, 0) is 50.1 Å². The second kappa shape index (κ2) is 9.59. The van der Waals surface area contributed by atoms with Crippen LogP contribution in [0.25, 0.3) is 0 Å². The van der Waals surface area contributed by atoms with Gasteiger partial charge in [-0.3, -0.25) is 4.79 Å². The molecule has 0 atom stereocenters. The van der Waals surface area contributed by atoms with Crippen molar-refractivity contribution in [2.24, 2.45) is 0 Å². The summed E-state index contributed by atoms with van der Waals surface area (Å²) >= 11 is 7.41. The van der Waals surface area contributed by atoms with E-state index < -0.39 is 0 Å². The molecule has 0 aliphatic heterocycles. The quantitative estimate of drug-likeness (QED) is 0.650. The van der Waals surface area contributed by atoms with E-state index in [4.69, 9.17) is 16.3 Å². The number of likely N-dealkylation sites (N-methyl/N-ethyl adjacent to an activating group) is 1. The van der Waals surface area contributed by atoms with Crippen LogP contribution in [0.2, 0.25) is 4.34 Å². The van der Waals surface area contributed by atoms with Gasteiger partial charge in [-0.25, -0.2) is 0 Å². The summed E-state index contributed by atoms with van der Waals surface area (Å²) in [5.41, 5.74) is 1.08. The van der Waals surface area contributed by atoms with Gasteiger partial charge in [0.05, 0.1) is 10.9 Å². The Hall–Kier alpha value is -1.85. The molecule has 2 rings (SSSR count). The zero-order valence-corrected chi connectivity index (χ0v) is 16.0. The molecule has 0 saturated carbocycles. The molecule has 0 unspecified atom stereocenters. The van der Waals surface area contributed by atoms with Gasteiger partial charge in [-0.2, -0.15) is 0 Å². The third-order valence-corrected chi connectivity index (χ3v) is 4.98. The summed E-state index contributed by atoms with van der Waals surface area (Å²) < 4.78 is 6.32. The van der Waals surface area contributed by atoms with E-state index in [1.165, 1.54) is 11.3 Å². The van der Waals surface area contributed by atoms with Gasteiger partial charge in [0.15, 0.2) is 6.61 Å². The molecule has 0 radical (unpaired) electrons. The number of carbonyl (C=O) groups is 2. The predicted molar refractivity (Wildman–Crippen MR) is 101 cm³/mol. The van der Waals surface area contributed by atoms with Crippen LogP contribution in [0.3, 0.4) is 0 Å². The molecular formula is C19H22ClNO3S. The Morgan fingerprint density at radius 2 is 1.88 bits per heavy atom. The van der Waals surface area contributed by atoms with Crippen molar-refractivity contribution in [1.29, 1.82) is 0 Å². The Labute approximate surface area is 157 Å². The van der Waals surface area contributed by atoms with E-state index in [1.54, 1.807) is 11.8 Å². The lowest BCUT2D eigenvalue weighted by Gasteiger charge is -2.20. The number of thiophene rings is 1. The molecule has 0 spiro atoms. The van der Waals surface area contributed by atoms with E-state index in [1.807, 2.05) is 43.3 Å². The number of hydrogen-bond donors (Lipinski definition) is 0. The first-order valence-corrected chi connectivity index (χ1v) is 9.40. The number of aryl methyl sites for hydroxylation is 1. The standard InChI is InChI=1S/C19H22ClNO3S/c1-3-21(12-17-10-11-18(20)25-17)19(23)13-24-16-8-6-15(7-9-16)5-4-14(2)22/h6-11H,3-5,12-13H2,1-2H3. The SMILES string of the molecule is CCN(Cc1ccc(Cl)s1)C(=O)COc1ccc(CCC(C)=O)cc1. The number of amides is 1. The molecule has 134 valence electrons. The van der Waals surface area contributed by atoms with E-state index in [0.29, 0.717) is 25.3 Å². The van der Waals surface area contributed by atoms with Gasteiger partial charge < -0.3 is 14.4 Å². The minimum absolute atomic E-state index is 0.000258. The lowest BCUT2D eigenvalue weighted by molar-refractivity contribution is -0.133. The van der Waals surface area contributed by atoms with Crippen molar-refractivity contribution in [2.45, 2.75) is 33.2 Å². The number of benzene rings is 1. The highest BCUT2D eigenvalue weighted by Gasteiger charge is 2.14. The molecule has 4 nitrogen and oxygen atoms in total. The fourth-order valence-corrected chi connectivity index (χ4v) is 3.41. The van der Waals surface area contributed by atoms with Crippen molar-refractivity contribution < 1.29 is 14.3 Å². The second-order valence-corrected chi connectivity index (χ2v) is 7.55. The zero-order chi connectivity index (χ0) is 18.2. The molecule has 0 aliphatic rings. The van der Waals surface area contributed by atoms with Crippen molar-refractivity contribution in [2.75, 3.05) is 13.2 Å². The van der Waals surface area contributed by atoms with Crippen molar-refractivity contribution in [1.82, 2.24) is 4.90 Å². The Balaban J connectivity index is 1.84. The fraction of sp³-hybridized carbons (Fsp3) is 0.368. The molecule has 0 saturated heterocycles. The highest BCUT2D eigenvalue weighted by atomic mass is 35.5. The number of ether oxygens (including phenoxy) is 1. The van der Waals surface area contributed by atoms with E-state index >= 15 is 0 Å². The molecule has 1 heterocycles. The van der Waals surface area contributed by atoms with Gasteiger partial charge >= 0.3 is 0 Å². The Bertz CT molecular complexity index is 712. The van der Waals surface area contributed by atoms with Gasteiger partial charge in [-0.15, -0.1) is 11.3 Å².